The van der Waals surface area contributed by atoms with Gasteiger partial charge in [0.05, 0.1) is 23.6 Å². The topological polar surface area (TPSA) is 138 Å². The first kappa shape index (κ1) is 32.0. The number of fused-ring (bicyclic) bond motifs is 2. The monoisotopic (exact) mass is 661 g/mol. The summed E-state index contributed by atoms with van der Waals surface area (Å²) >= 11 is 6.32. The fourth-order valence-electron chi connectivity index (χ4n) is 5.35. The normalized spacial score (nSPS) is 18.4. The first-order valence-electron chi connectivity index (χ1n) is 14.3. The molecule has 3 aromatic rings. The highest BCUT2D eigenvalue weighted by atomic mass is 35.5. The SMILES string of the molecule is CCC(/C=C1\OC2=CC=C(Cl)CC2N1CCCS(=O)(=O)O)=C\c1oc2ccc(-c3ccccc3)cc2[n+]1CCCS(=O)(=O)O. The van der Waals surface area contributed by atoms with Crippen molar-refractivity contribution in [1.82, 2.24) is 4.90 Å². The summed E-state index contributed by atoms with van der Waals surface area (Å²) in [5, 5.41) is 0.651. The van der Waals surface area contributed by atoms with Crippen LogP contribution in [-0.2, 0) is 31.5 Å². The third-order valence-corrected chi connectivity index (χ3v) is 9.37. The van der Waals surface area contributed by atoms with Gasteiger partial charge in [0.1, 0.15) is 5.76 Å². The highest BCUT2D eigenvalue weighted by molar-refractivity contribution is 7.86. The van der Waals surface area contributed by atoms with E-state index in [1.807, 2.05) is 77.1 Å². The van der Waals surface area contributed by atoms with E-state index in [0.717, 1.165) is 22.2 Å². The van der Waals surface area contributed by atoms with E-state index in [0.29, 0.717) is 47.5 Å². The molecule has 10 nitrogen and oxygen atoms in total. The zero-order chi connectivity index (χ0) is 31.5. The van der Waals surface area contributed by atoms with Crippen molar-refractivity contribution >= 4 is 49.0 Å². The lowest BCUT2D eigenvalue weighted by atomic mass is 10.1. The third-order valence-electron chi connectivity index (χ3n) is 7.48. The number of hydrogen-bond acceptors (Lipinski definition) is 7. The summed E-state index contributed by atoms with van der Waals surface area (Å²) in [6.45, 7) is 2.57. The molecule has 0 bridgehead atoms. The first-order chi connectivity index (χ1) is 20.9. The first-order valence-corrected chi connectivity index (χ1v) is 17.8. The minimum Gasteiger partial charge on any atom is -0.443 e. The van der Waals surface area contributed by atoms with Gasteiger partial charge >= 0.3 is 5.89 Å². The van der Waals surface area contributed by atoms with Crippen molar-refractivity contribution in [3.63, 3.8) is 0 Å². The van der Waals surface area contributed by atoms with Crippen molar-refractivity contribution in [2.75, 3.05) is 18.1 Å². The van der Waals surface area contributed by atoms with Gasteiger partial charge in [-0.1, -0.05) is 54.9 Å². The van der Waals surface area contributed by atoms with Gasteiger partial charge in [-0.3, -0.25) is 9.11 Å². The Bertz CT molecular complexity index is 1880. The molecule has 0 saturated carbocycles. The van der Waals surface area contributed by atoms with Gasteiger partial charge in [0.15, 0.2) is 12.4 Å². The van der Waals surface area contributed by atoms with Gasteiger partial charge in [0.25, 0.3) is 25.8 Å². The van der Waals surface area contributed by atoms with Crippen LogP contribution in [0.15, 0.2) is 93.4 Å². The molecule has 1 aromatic heterocycles. The van der Waals surface area contributed by atoms with Crippen LogP contribution in [-0.4, -0.2) is 54.9 Å². The maximum Gasteiger partial charge on any atom is 0.374 e. The predicted octanol–water partition coefficient (Wildman–Crippen LogP) is 5.69. The van der Waals surface area contributed by atoms with Crippen LogP contribution in [0.3, 0.4) is 0 Å². The summed E-state index contributed by atoms with van der Waals surface area (Å²) in [6, 6.07) is 15.5. The summed E-state index contributed by atoms with van der Waals surface area (Å²) in [4.78, 5) is 1.95. The number of benzene rings is 2. The minimum atomic E-state index is -4.14. The molecule has 0 amide bonds. The van der Waals surface area contributed by atoms with Gasteiger partial charge in [-0.15, -0.1) is 0 Å². The van der Waals surface area contributed by atoms with Crippen LogP contribution in [0.4, 0.5) is 0 Å². The van der Waals surface area contributed by atoms with Gasteiger partial charge < -0.3 is 14.1 Å². The highest BCUT2D eigenvalue weighted by Crippen LogP contribution is 2.38. The fraction of sp³-hybridized carbons (Fsp3) is 0.323. The van der Waals surface area contributed by atoms with Crippen molar-refractivity contribution in [1.29, 1.82) is 0 Å². The summed E-state index contributed by atoms with van der Waals surface area (Å²) in [6.07, 6.45) is 8.76. The second kappa shape index (κ2) is 13.3. The fourth-order valence-corrected chi connectivity index (χ4v) is 6.55. The number of ether oxygens (including phenoxy) is 1. The largest absolute Gasteiger partial charge is 0.443 e. The van der Waals surface area contributed by atoms with E-state index < -0.39 is 26.0 Å². The standard InChI is InChI=1S/C31H33ClN2O8S2/c1-2-22(19-31-34(15-7-17-44(38,39)40)27-21-25(32)11-13-29(27)42-31)18-30-33(14-6-16-43(35,36)37)26-20-24(10-12-28(26)41-30)23-8-4-3-5-9-23/h3-5,8-13,18-20,27H,2,6-7,14-17,21H2,1H3,(H-,35,36,37,38,39,40)/p+1. The van der Waals surface area contributed by atoms with Crippen LogP contribution in [0, 0.1) is 0 Å². The van der Waals surface area contributed by atoms with Crippen molar-refractivity contribution < 1.29 is 39.7 Å². The molecule has 1 unspecified atom stereocenters. The number of aryl methyl sites for hydroxylation is 1. The number of hydrogen-bond donors (Lipinski definition) is 2. The molecule has 1 aliphatic heterocycles. The molecule has 1 fully saturated rings. The Labute approximate surface area is 262 Å². The molecule has 1 aliphatic carbocycles. The Balaban J connectivity index is 1.52. The summed E-state index contributed by atoms with van der Waals surface area (Å²) in [7, 11) is -8.26. The van der Waals surface area contributed by atoms with E-state index in [2.05, 4.69) is 0 Å². The smallest absolute Gasteiger partial charge is 0.374 e. The summed E-state index contributed by atoms with van der Waals surface area (Å²) < 4.78 is 78.6. The average Bonchev–Trinajstić information content (AvgIpc) is 3.48. The molecule has 2 aliphatic rings. The molecule has 5 rings (SSSR count). The van der Waals surface area contributed by atoms with E-state index in [-0.39, 0.29) is 31.2 Å². The molecular weight excluding hydrogens is 628 g/mol. The van der Waals surface area contributed by atoms with Crippen LogP contribution in [0.1, 0.15) is 38.5 Å². The van der Waals surface area contributed by atoms with Crippen molar-refractivity contribution in [2.24, 2.45) is 0 Å². The Morgan fingerprint density at radius 2 is 1.75 bits per heavy atom. The van der Waals surface area contributed by atoms with E-state index in [1.165, 1.54) is 0 Å². The summed E-state index contributed by atoms with van der Waals surface area (Å²) in [5.41, 5.74) is 4.22. The molecule has 1 saturated heterocycles. The second-order valence-electron chi connectivity index (χ2n) is 10.7. The van der Waals surface area contributed by atoms with Gasteiger partial charge in [0, 0.05) is 36.6 Å². The van der Waals surface area contributed by atoms with Crippen LogP contribution in [0.5, 0.6) is 0 Å². The Kier molecular flexibility index (Phi) is 9.66. The van der Waals surface area contributed by atoms with Gasteiger partial charge in [-0.2, -0.15) is 21.4 Å². The van der Waals surface area contributed by atoms with Crippen LogP contribution < -0.4 is 4.57 Å². The lowest BCUT2D eigenvalue weighted by Gasteiger charge is -2.25. The number of rotatable bonds is 12. The predicted molar refractivity (Wildman–Crippen MR) is 168 cm³/mol. The van der Waals surface area contributed by atoms with Gasteiger partial charge in [-0.25, -0.2) is 0 Å². The number of halogens is 1. The van der Waals surface area contributed by atoms with E-state index in [9.17, 15) is 25.9 Å². The maximum absolute atomic E-state index is 11.5. The molecular formula is C31H34ClN2O8S2+. The maximum atomic E-state index is 11.5. The van der Waals surface area contributed by atoms with E-state index in [1.54, 1.807) is 12.2 Å². The van der Waals surface area contributed by atoms with E-state index >= 15 is 0 Å². The number of oxazole rings is 1. The Morgan fingerprint density at radius 1 is 1.02 bits per heavy atom. The van der Waals surface area contributed by atoms with Crippen molar-refractivity contribution in [3.05, 3.63) is 94.9 Å². The molecule has 2 aromatic carbocycles. The van der Waals surface area contributed by atoms with Crippen molar-refractivity contribution in [2.45, 2.75) is 45.2 Å². The third kappa shape index (κ3) is 7.99. The molecule has 13 heteroatoms. The molecule has 0 radical (unpaired) electrons. The number of nitrogens with zero attached hydrogens (tertiary/aromatic N) is 2. The Morgan fingerprint density at radius 3 is 2.45 bits per heavy atom. The van der Waals surface area contributed by atoms with Crippen LogP contribution in [0.2, 0.25) is 0 Å². The van der Waals surface area contributed by atoms with Crippen LogP contribution in [0.25, 0.3) is 28.3 Å². The van der Waals surface area contributed by atoms with E-state index in [4.69, 9.17) is 20.8 Å². The highest BCUT2D eigenvalue weighted by Gasteiger charge is 2.36. The molecule has 44 heavy (non-hydrogen) atoms. The van der Waals surface area contributed by atoms with Crippen LogP contribution >= 0.6 is 11.6 Å². The quantitative estimate of drug-likeness (QED) is 0.185. The zero-order valence-electron chi connectivity index (χ0n) is 24.1. The second-order valence-corrected chi connectivity index (χ2v) is 14.3. The number of aromatic nitrogens is 1. The molecule has 0 spiro atoms. The average molecular weight is 662 g/mol. The van der Waals surface area contributed by atoms with Gasteiger partial charge in [0.2, 0.25) is 5.58 Å². The molecule has 234 valence electrons. The Hall–Kier alpha value is -3.42. The zero-order valence-corrected chi connectivity index (χ0v) is 26.5. The van der Waals surface area contributed by atoms with Crippen molar-refractivity contribution in [3.8, 4) is 11.1 Å². The minimum absolute atomic E-state index is 0.172. The molecule has 2 N–H and O–H groups in total. The lowest BCUT2D eigenvalue weighted by molar-refractivity contribution is -0.677. The number of allylic oxidation sites excluding steroid dienone is 4. The molecule has 2 heterocycles. The molecule has 1 atom stereocenters. The summed E-state index contributed by atoms with van der Waals surface area (Å²) in [5.74, 6) is 0.936. The lowest BCUT2D eigenvalue weighted by Crippen LogP contribution is -2.36. The van der Waals surface area contributed by atoms with Gasteiger partial charge in [-0.05, 0) is 47.8 Å².